The molecule has 0 aliphatic rings. The van der Waals surface area contributed by atoms with Crippen LogP contribution in [-0.2, 0) is 7.05 Å². The molecular weight excluding hydrogens is 212 g/mol. The Kier molecular flexibility index (Phi) is 2.99. The standard InChI is InChI=1S/C14H14N2O/c1-10(17)11-3-5-12(6-4-11)14-8-7-13(9-15)16(14)2/h3-8,10,17H,1-2H3/t10-/m0/s1. The molecule has 86 valence electrons. The first-order chi connectivity index (χ1) is 8.13. The topological polar surface area (TPSA) is 48.9 Å². The van der Waals surface area contributed by atoms with Gasteiger partial charge in [0.1, 0.15) is 11.8 Å². The molecule has 0 spiro atoms. The molecule has 1 aromatic carbocycles. The van der Waals surface area contributed by atoms with Crippen LogP contribution in [0.4, 0.5) is 0 Å². The maximum Gasteiger partial charge on any atom is 0.120 e. The maximum atomic E-state index is 9.43. The fraction of sp³-hybridized carbons (Fsp3) is 0.214. The van der Waals surface area contributed by atoms with E-state index in [2.05, 4.69) is 6.07 Å². The first kappa shape index (κ1) is 11.4. The highest BCUT2D eigenvalue weighted by atomic mass is 16.3. The summed E-state index contributed by atoms with van der Waals surface area (Å²) in [5, 5.41) is 18.3. The van der Waals surface area contributed by atoms with Crippen molar-refractivity contribution < 1.29 is 5.11 Å². The van der Waals surface area contributed by atoms with Crippen molar-refractivity contribution in [2.75, 3.05) is 0 Å². The Balaban J connectivity index is 2.40. The summed E-state index contributed by atoms with van der Waals surface area (Å²) in [4.78, 5) is 0. The van der Waals surface area contributed by atoms with E-state index in [1.807, 2.05) is 41.9 Å². The molecule has 2 rings (SSSR count). The highest BCUT2D eigenvalue weighted by Crippen LogP contribution is 2.23. The van der Waals surface area contributed by atoms with Crippen LogP contribution in [-0.4, -0.2) is 9.67 Å². The molecule has 1 N–H and O–H groups in total. The lowest BCUT2D eigenvalue weighted by atomic mass is 10.1. The molecule has 0 bridgehead atoms. The predicted octanol–water partition coefficient (Wildman–Crippen LogP) is 2.62. The third-order valence-corrected chi connectivity index (χ3v) is 2.93. The van der Waals surface area contributed by atoms with Crippen LogP contribution in [0.3, 0.4) is 0 Å². The summed E-state index contributed by atoms with van der Waals surface area (Å²) in [5.41, 5.74) is 3.57. The minimum atomic E-state index is -0.452. The zero-order valence-corrected chi connectivity index (χ0v) is 9.88. The quantitative estimate of drug-likeness (QED) is 0.855. The number of aromatic nitrogens is 1. The molecule has 17 heavy (non-hydrogen) atoms. The van der Waals surface area contributed by atoms with Crippen molar-refractivity contribution in [3.63, 3.8) is 0 Å². The normalized spacial score (nSPS) is 12.1. The first-order valence-corrected chi connectivity index (χ1v) is 5.47. The largest absolute Gasteiger partial charge is 0.389 e. The molecule has 2 aromatic rings. The summed E-state index contributed by atoms with van der Waals surface area (Å²) in [5.74, 6) is 0. The van der Waals surface area contributed by atoms with Gasteiger partial charge < -0.3 is 9.67 Å². The highest BCUT2D eigenvalue weighted by molar-refractivity contribution is 5.62. The van der Waals surface area contributed by atoms with E-state index in [0.29, 0.717) is 5.69 Å². The monoisotopic (exact) mass is 226 g/mol. The minimum Gasteiger partial charge on any atom is -0.389 e. The van der Waals surface area contributed by atoms with Gasteiger partial charge in [0.2, 0.25) is 0 Å². The van der Waals surface area contributed by atoms with Crippen LogP contribution in [0, 0.1) is 11.3 Å². The number of rotatable bonds is 2. The van der Waals surface area contributed by atoms with Crippen molar-refractivity contribution in [2.24, 2.45) is 7.05 Å². The van der Waals surface area contributed by atoms with Gasteiger partial charge in [-0.3, -0.25) is 0 Å². The number of aliphatic hydroxyl groups excluding tert-OH is 1. The third-order valence-electron chi connectivity index (χ3n) is 2.93. The zero-order valence-electron chi connectivity index (χ0n) is 9.88. The summed E-state index contributed by atoms with van der Waals surface area (Å²) in [6.07, 6.45) is -0.452. The minimum absolute atomic E-state index is 0.452. The van der Waals surface area contributed by atoms with Crippen molar-refractivity contribution in [1.29, 1.82) is 5.26 Å². The van der Waals surface area contributed by atoms with Gasteiger partial charge in [-0.2, -0.15) is 5.26 Å². The second-order valence-corrected chi connectivity index (χ2v) is 4.07. The Morgan fingerprint density at radius 3 is 2.29 bits per heavy atom. The van der Waals surface area contributed by atoms with Gasteiger partial charge in [-0.15, -0.1) is 0 Å². The Hall–Kier alpha value is -2.05. The Bertz CT molecular complexity index is 559. The second kappa shape index (κ2) is 4.44. The molecule has 0 fully saturated rings. The number of nitriles is 1. The second-order valence-electron chi connectivity index (χ2n) is 4.07. The van der Waals surface area contributed by atoms with Crippen LogP contribution < -0.4 is 0 Å². The van der Waals surface area contributed by atoms with Crippen LogP contribution in [0.5, 0.6) is 0 Å². The van der Waals surface area contributed by atoms with Crippen LogP contribution in [0.2, 0.25) is 0 Å². The Labute approximate surface area is 101 Å². The molecule has 0 radical (unpaired) electrons. The first-order valence-electron chi connectivity index (χ1n) is 5.47. The van der Waals surface area contributed by atoms with E-state index in [4.69, 9.17) is 5.26 Å². The Morgan fingerprint density at radius 1 is 1.18 bits per heavy atom. The predicted molar refractivity (Wildman–Crippen MR) is 66.2 cm³/mol. The van der Waals surface area contributed by atoms with Gasteiger partial charge in [-0.05, 0) is 30.2 Å². The van der Waals surface area contributed by atoms with Crippen LogP contribution in [0.1, 0.15) is 24.3 Å². The van der Waals surface area contributed by atoms with E-state index in [0.717, 1.165) is 16.8 Å². The fourth-order valence-electron chi connectivity index (χ4n) is 1.85. The van der Waals surface area contributed by atoms with Gasteiger partial charge in [0.15, 0.2) is 0 Å². The molecule has 3 nitrogen and oxygen atoms in total. The lowest BCUT2D eigenvalue weighted by Gasteiger charge is -2.07. The van der Waals surface area contributed by atoms with Crippen molar-refractivity contribution in [1.82, 2.24) is 4.57 Å². The van der Waals surface area contributed by atoms with Crippen LogP contribution in [0.15, 0.2) is 36.4 Å². The molecule has 0 saturated heterocycles. The average Bonchev–Trinajstić information content (AvgIpc) is 2.70. The number of benzene rings is 1. The SMILES string of the molecule is C[C@H](O)c1ccc(-c2ccc(C#N)n2C)cc1. The fourth-order valence-corrected chi connectivity index (χ4v) is 1.85. The Morgan fingerprint density at radius 2 is 1.82 bits per heavy atom. The highest BCUT2D eigenvalue weighted by Gasteiger charge is 2.07. The van der Waals surface area contributed by atoms with Gasteiger partial charge in [0, 0.05) is 12.7 Å². The van der Waals surface area contributed by atoms with Gasteiger partial charge in [-0.1, -0.05) is 24.3 Å². The van der Waals surface area contributed by atoms with E-state index >= 15 is 0 Å². The van der Waals surface area contributed by atoms with Crippen molar-refractivity contribution in [3.05, 3.63) is 47.7 Å². The summed E-state index contributed by atoms with van der Waals surface area (Å²) < 4.78 is 1.86. The van der Waals surface area contributed by atoms with Crippen molar-refractivity contribution in [2.45, 2.75) is 13.0 Å². The van der Waals surface area contributed by atoms with Gasteiger partial charge in [-0.25, -0.2) is 0 Å². The van der Waals surface area contributed by atoms with E-state index in [9.17, 15) is 5.11 Å². The number of hydrogen-bond acceptors (Lipinski definition) is 2. The van der Waals surface area contributed by atoms with Gasteiger partial charge >= 0.3 is 0 Å². The smallest absolute Gasteiger partial charge is 0.120 e. The summed E-state index contributed by atoms with van der Waals surface area (Å²) in [6.45, 7) is 1.74. The number of hydrogen-bond donors (Lipinski definition) is 1. The van der Waals surface area contributed by atoms with Crippen LogP contribution >= 0.6 is 0 Å². The van der Waals surface area contributed by atoms with Gasteiger partial charge in [0.25, 0.3) is 0 Å². The van der Waals surface area contributed by atoms with E-state index in [1.54, 1.807) is 13.0 Å². The van der Waals surface area contributed by atoms with Crippen molar-refractivity contribution in [3.8, 4) is 17.3 Å². The molecule has 1 heterocycles. The number of nitrogens with zero attached hydrogens (tertiary/aromatic N) is 2. The summed E-state index contributed by atoms with van der Waals surface area (Å²) in [7, 11) is 1.87. The molecule has 0 amide bonds. The molecule has 0 saturated carbocycles. The van der Waals surface area contributed by atoms with E-state index < -0.39 is 6.10 Å². The molecule has 0 aliphatic carbocycles. The summed E-state index contributed by atoms with van der Waals surface area (Å²) >= 11 is 0. The molecule has 1 aromatic heterocycles. The summed E-state index contributed by atoms with van der Waals surface area (Å²) in [6, 6.07) is 13.6. The zero-order chi connectivity index (χ0) is 12.4. The van der Waals surface area contributed by atoms with E-state index in [-0.39, 0.29) is 0 Å². The lowest BCUT2D eigenvalue weighted by molar-refractivity contribution is 0.199. The van der Waals surface area contributed by atoms with Gasteiger partial charge in [0.05, 0.1) is 6.10 Å². The van der Waals surface area contributed by atoms with Crippen LogP contribution in [0.25, 0.3) is 11.3 Å². The maximum absolute atomic E-state index is 9.43. The van der Waals surface area contributed by atoms with E-state index in [1.165, 1.54) is 0 Å². The molecule has 1 atom stereocenters. The third kappa shape index (κ3) is 2.08. The molecule has 3 heteroatoms. The molecule has 0 aliphatic heterocycles. The van der Waals surface area contributed by atoms with Crippen molar-refractivity contribution >= 4 is 0 Å². The molecule has 0 unspecified atom stereocenters. The average molecular weight is 226 g/mol. The number of aliphatic hydroxyl groups is 1. The molecular formula is C14H14N2O. The lowest BCUT2D eigenvalue weighted by Crippen LogP contribution is -1.95.